The smallest absolute Gasteiger partial charge is 0.328 e. The van der Waals surface area contributed by atoms with Crippen LogP contribution in [-0.4, -0.2) is 49.2 Å². The molecule has 26 heavy (non-hydrogen) atoms. The standard InChI is InChI=1S/C19H20N2O5/c1-26-11-15(19(24)25)20-18(23)13-9-17(22)21(10-13)16-8-4-6-12-5-2-3-7-14(12)16/h2-8,13,15H,9-11H2,1H3,(H,20,23)(H,24,25). The van der Waals surface area contributed by atoms with Gasteiger partial charge < -0.3 is 20.1 Å². The lowest BCUT2D eigenvalue weighted by atomic mass is 10.1. The lowest BCUT2D eigenvalue weighted by Crippen LogP contribution is -2.46. The Morgan fingerprint density at radius 1 is 1.27 bits per heavy atom. The summed E-state index contributed by atoms with van der Waals surface area (Å²) in [6.07, 6.45) is 0.0500. The monoisotopic (exact) mass is 356 g/mol. The first-order chi connectivity index (χ1) is 12.5. The molecule has 0 aliphatic carbocycles. The van der Waals surface area contributed by atoms with Gasteiger partial charge >= 0.3 is 5.97 Å². The van der Waals surface area contributed by atoms with E-state index in [1.54, 1.807) is 4.90 Å². The number of nitrogens with zero attached hydrogens (tertiary/aromatic N) is 1. The molecule has 3 rings (SSSR count). The van der Waals surface area contributed by atoms with Crippen LogP contribution in [0.25, 0.3) is 10.8 Å². The van der Waals surface area contributed by atoms with Crippen molar-refractivity contribution in [3.8, 4) is 0 Å². The first-order valence-electron chi connectivity index (χ1n) is 8.31. The lowest BCUT2D eigenvalue weighted by Gasteiger charge is -2.20. The maximum Gasteiger partial charge on any atom is 0.328 e. The Bertz CT molecular complexity index is 845. The van der Waals surface area contributed by atoms with E-state index < -0.39 is 23.8 Å². The summed E-state index contributed by atoms with van der Waals surface area (Å²) in [6.45, 7) is 0.0901. The minimum atomic E-state index is -1.17. The fourth-order valence-corrected chi connectivity index (χ4v) is 3.19. The van der Waals surface area contributed by atoms with Crippen molar-refractivity contribution in [3.05, 3.63) is 42.5 Å². The number of carboxylic acid groups (broad SMARTS) is 1. The van der Waals surface area contributed by atoms with E-state index in [-0.39, 0.29) is 25.5 Å². The third-order valence-electron chi connectivity index (χ3n) is 4.50. The van der Waals surface area contributed by atoms with E-state index in [2.05, 4.69) is 5.32 Å². The molecule has 2 amide bonds. The lowest BCUT2D eigenvalue weighted by molar-refractivity contribution is -0.143. The van der Waals surface area contributed by atoms with Crippen LogP contribution in [0.4, 0.5) is 5.69 Å². The van der Waals surface area contributed by atoms with Crippen molar-refractivity contribution in [1.82, 2.24) is 5.32 Å². The summed E-state index contributed by atoms with van der Waals surface area (Å²) in [6, 6.07) is 12.3. The van der Waals surface area contributed by atoms with Crippen LogP contribution >= 0.6 is 0 Å². The molecule has 2 aromatic carbocycles. The molecule has 0 saturated carbocycles. The Labute approximate surface area is 150 Å². The number of ether oxygens (including phenoxy) is 1. The number of carbonyl (C=O) groups is 3. The number of rotatable bonds is 6. The first kappa shape index (κ1) is 17.9. The highest BCUT2D eigenvalue weighted by atomic mass is 16.5. The Morgan fingerprint density at radius 2 is 2.00 bits per heavy atom. The van der Waals surface area contributed by atoms with Gasteiger partial charge in [-0.25, -0.2) is 4.79 Å². The molecule has 1 saturated heterocycles. The van der Waals surface area contributed by atoms with Crippen LogP contribution < -0.4 is 10.2 Å². The first-order valence-corrected chi connectivity index (χ1v) is 8.31. The molecule has 2 unspecified atom stereocenters. The summed E-state index contributed by atoms with van der Waals surface area (Å²) in [5.41, 5.74) is 0.759. The van der Waals surface area contributed by atoms with Gasteiger partial charge in [0.15, 0.2) is 6.04 Å². The zero-order valence-corrected chi connectivity index (χ0v) is 14.3. The number of benzene rings is 2. The minimum absolute atomic E-state index is 0.0500. The van der Waals surface area contributed by atoms with E-state index in [4.69, 9.17) is 9.84 Å². The second-order valence-corrected chi connectivity index (χ2v) is 6.26. The number of carboxylic acids is 1. The van der Waals surface area contributed by atoms with Crippen molar-refractivity contribution in [2.24, 2.45) is 5.92 Å². The van der Waals surface area contributed by atoms with E-state index >= 15 is 0 Å². The third-order valence-corrected chi connectivity index (χ3v) is 4.50. The molecule has 0 bridgehead atoms. The maximum absolute atomic E-state index is 12.5. The summed E-state index contributed by atoms with van der Waals surface area (Å²) < 4.78 is 4.82. The van der Waals surface area contributed by atoms with Crippen LogP contribution in [0.1, 0.15) is 6.42 Å². The van der Waals surface area contributed by atoms with E-state index in [1.165, 1.54) is 7.11 Å². The molecule has 1 aliphatic heterocycles. The van der Waals surface area contributed by atoms with Crippen LogP contribution in [0.3, 0.4) is 0 Å². The number of anilines is 1. The fraction of sp³-hybridized carbons (Fsp3) is 0.316. The second kappa shape index (κ2) is 7.53. The quantitative estimate of drug-likeness (QED) is 0.816. The van der Waals surface area contributed by atoms with Gasteiger partial charge in [-0.15, -0.1) is 0 Å². The third kappa shape index (κ3) is 3.52. The van der Waals surface area contributed by atoms with Gasteiger partial charge in [-0.1, -0.05) is 36.4 Å². The van der Waals surface area contributed by atoms with Gasteiger partial charge in [0.2, 0.25) is 11.8 Å². The Hall–Kier alpha value is -2.93. The highest BCUT2D eigenvalue weighted by Gasteiger charge is 2.37. The van der Waals surface area contributed by atoms with Crippen molar-refractivity contribution < 1.29 is 24.2 Å². The Kier molecular flexibility index (Phi) is 5.18. The predicted molar refractivity (Wildman–Crippen MR) is 95.9 cm³/mol. The summed E-state index contributed by atoms with van der Waals surface area (Å²) in [4.78, 5) is 37.7. The fourth-order valence-electron chi connectivity index (χ4n) is 3.19. The van der Waals surface area contributed by atoms with Gasteiger partial charge in [0.1, 0.15) is 0 Å². The highest BCUT2D eigenvalue weighted by molar-refractivity contribution is 6.07. The van der Waals surface area contributed by atoms with Crippen LogP contribution in [0.15, 0.2) is 42.5 Å². The van der Waals surface area contributed by atoms with Crippen molar-refractivity contribution in [3.63, 3.8) is 0 Å². The molecule has 1 heterocycles. The molecule has 2 N–H and O–H groups in total. The number of methoxy groups -OCH3 is 1. The summed E-state index contributed by atoms with van der Waals surface area (Å²) in [7, 11) is 1.36. The molecular weight excluding hydrogens is 336 g/mol. The number of hydrogen-bond acceptors (Lipinski definition) is 4. The van der Waals surface area contributed by atoms with Gasteiger partial charge in [0.25, 0.3) is 0 Å². The molecule has 2 atom stereocenters. The minimum Gasteiger partial charge on any atom is -0.480 e. The zero-order valence-electron chi connectivity index (χ0n) is 14.3. The number of fused-ring (bicyclic) bond motifs is 1. The van der Waals surface area contributed by atoms with Gasteiger partial charge in [-0.2, -0.15) is 0 Å². The largest absolute Gasteiger partial charge is 0.480 e. The topological polar surface area (TPSA) is 95.9 Å². The van der Waals surface area contributed by atoms with E-state index in [1.807, 2.05) is 42.5 Å². The van der Waals surface area contributed by atoms with Gasteiger partial charge in [0, 0.05) is 25.5 Å². The number of amides is 2. The highest BCUT2D eigenvalue weighted by Crippen LogP contribution is 2.31. The van der Waals surface area contributed by atoms with Crippen LogP contribution in [-0.2, 0) is 19.1 Å². The number of hydrogen-bond donors (Lipinski definition) is 2. The molecule has 0 aromatic heterocycles. The second-order valence-electron chi connectivity index (χ2n) is 6.26. The number of nitrogens with one attached hydrogen (secondary N) is 1. The molecule has 2 aromatic rings. The zero-order chi connectivity index (χ0) is 18.7. The molecule has 1 aliphatic rings. The normalized spacial score (nSPS) is 18.1. The SMILES string of the molecule is COCC(NC(=O)C1CC(=O)N(c2cccc3ccccc23)C1)C(=O)O. The molecule has 1 fully saturated rings. The number of carbonyl (C=O) groups excluding carboxylic acids is 2. The Morgan fingerprint density at radius 3 is 2.73 bits per heavy atom. The molecule has 136 valence electrons. The molecule has 0 spiro atoms. The molecule has 0 radical (unpaired) electrons. The van der Waals surface area contributed by atoms with Crippen molar-refractivity contribution >= 4 is 34.2 Å². The average Bonchev–Trinajstić information content (AvgIpc) is 3.02. The summed E-state index contributed by atoms with van der Waals surface area (Å²) >= 11 is 0. The van der Waals surface area contributed by atoms with Crippen molar-refractivity contribution in [1.29, 1.82) is 0 Å². The summed E-state index contributed by atoms with van der Waals surface area (Å²) in [5, 5.41) is 13.5. The van der Waals surface area contributed by atoms with Gasteiger partial charge in [-0.05, 0) is 11.5 Å². The average molecular weight is 356 g/mol. The van der Waals surface area contributed by atoms with Crippen molar-refractivity contribution in [2.45, 2.75) is 12.5 Å². The van der Waals surface area contributed by atoms with Crippen molar-refractivity contribution in [2.75, 3.05) is 25.2 Å². The van der Waals surface area contributed by atoms with E-state index in [9.17, 15) is 14.4 Å². The maximum atomic E-state index is 12.5. The van der Waals surface area contributed by atoms with Gasteiger partial charge in [0.05, 0.1) is 18.2 Å². The molecule has 7 nitrogen and oxygen atoms in total. The van der Waals surface area contributed by atoms with Crippen LogP contribution in [0.5, 0.6) is 0 Å². The van der Waals surface area contributed by atoms with E-state index in [0.29, 0.717) is 0 Å². The number of aliphatic carboxylic acids is 1. The summed E-state index contributed by atoms with van der Waals surface area (Å²) in [5.74, 6) is -2.37. The predicted octanol–water partition coefficient (Wildman–Crippen LogP) is 1.41. The molecule has 7 heteroatoms. The van der Waals surface area contributed by atoms with Crippen LogP contribution in [0.2, 0.25) is 0 Å². The van der Waals surface area contributed by atoms with Crippen LogP contribution in [0, 0.1) is 5.92 Å². The molecular formula is C19H20N2O5. The van der Waals surface area contributed by atoms with E-state index in [0.717, 1.165) is 16.5 Å². The Balaban J connectivity index is 1.78. The van der Waals surface area contributed by atoms with Gasteiger partial charge in [-0.3, -0.25) is 9.59 Å².